The first-order chi connectivity index (χ1) is 33.1. The molecule has 0 aliphatic heterocycles. The van der Waals surface area contributed by atoms with E-state index in [9.17, 15) is 10.5 Å². The quantitative estimate of drug-likeness (QED) is 0.162. The molecule has 3 heteroatoms. The van der Waals surface area contributed by atoms with Crippen molar-refractivity contribution in [1.82, 2.24) is 0 Å². The lowest BCUT2D eigenvalue weighted by atomic mass is 9.80. The molecule has 334 valence electrons. The van der Waals surface area contributed by atoms with E-state index in [1.807, 2.05) is 0 Å². The smallest absolute Gasteiger partial charge is 0.0998 e. The van der Waals surface area contributed by atoms with Crippen LogP contribution in [0.1, 0.15) is 91.5 Å². The van der Waals surface area contributed by atoms with Crippen molar-refractivity contribution in [1.29, 1.82) is 10.5 Å². The Bertz CT molecular complexity index is 3990. The molecule has 0 saturated heterocycles. The maximum atomic E-state index is 11.0. The average molecular weight is 890 g/mol. The van der Waals surface area contributed by atoms with Gasteiger partial charge in [0.15, 0.2) is 0 Å². The molecule has 0 amide bonds. The van der Waals surface area contributed by atoms with E-state index in [1.54, 1.807) is 0 Å². The number of nitriles is 2. The first kappa shape index (κ1) is 42.6. The first-order valence-electron chi connectivity index (χ1n) is 24.6. The normalized spacial score (nSPS) is 12.7. The molecule has 0 unspecified atom stereocenters. The van der Waals surface area contributed by atoms with Crippen LogP contribution in [-0.2, 0) is 10.8 Å². The first-order valence-corrected chi connectivity index (χ1v) is 24.6. The molecule has 0 atom stereocenters. The van der Waals surface area contributed by atoms with Gasteiger partial charge in [0.2, 0.25) is 0 Å². The molecule has 0 heterocycles. The van der Waals surface area contributed by atoms with Crippen LogP contribution < -0.4 is 4.90 Å². The molecule has 10 aromatic rings. The lowest BCUT2D eigenvalue weighted by Crippen LogP contribution is -2.37. The predicted molar refractivity (Wildman–Crippen MR) is 293 cm³/mol. The Morgan fingerprint density at radius 2 is 0.812 bits per heavy atom. The number of hydrogen-bond donors (Lipinski definition) is 0. The van der Waals surface area contributed by atoms with Gasteiger partial charge in [0.05, 0.1) is 23.3 Å². The summed E-state index contributed by atoms with van der Waals surface area (Å²) in [4.78, 5) is 2.53. The van der Waals surface area contributed by atoms with Crippen molar-refractivity contribution in [2.75, 3.05) is 4.90 Å². The molecule has 0 saturated carbocycles. The van der Waals surface area contributed by atoms with Gasteiger partial charge in [-0.15, -0.1) is 0 Å². The van der Waals surface area contributed by atoms with Gasteiger partial charge >= 0.3 is 0 Å². The molecule has 12 rings (SSSR count). The van der Waals surface area contributed by atoms with E-state index in [4.69, 9.17) is 0 Å². The second kappa shape index (κ2) is 14.9. The van der Waals surface area contributed by atoms with Crippen molar-refractivity contribution in [3.05, 3.63) is 162 Å². The molecular formula is C66H55N3. The highest BCUT2D eigenvalue weighted by atomic mass is 15.2. The van der Waals surface area contributed by atoms with Gasteiger partial charge in [0.25, 0.3) is 0 Å². The van der Waals surface area contributed by atoms with Gasteiger partial charge in [-0.3, -0.25) is 0 Å². The molecule has 0 radical (unpaired) electrons. The van der Waals surface area contributed by atoms with Crippen LogP contribution in [-0.4, -0.2) is 12.1 Å². The predicted octanol–water partition coefficient (Wildman–Crippen LogP) is 18.0. The van der Waals surface area contributed by atoms with E-state index in [-0.39, 0.29) is 10.8 Å². The summed E-state index contributed by atoms with van der Waals surface area (Å²) in [6, 6.07) is 57.9. The highest BCUT2D eigenvalue weighted by molar-refractivity contribution is 6.31. The third-order valence-electron chi connectivity index (χ3n) is 15.4. The standard InChI is InChI=1S/C66H55N3/c1-36(2)69(37(3)4)58-29-28-53-60-48(17-13-18-51(58)60)57-33-55-46-24-26-49-54(45(46)25-27-50(55)62(64(53)57)44-23-21-42(66(8,9)10)31-40(44)35-68)32-56-47-16-11-14-38-15-12-19-52(59(38)47)63(56)61(49)43-22-20-41(65(5,6)7)30-39(43)34-67/h11-33,36-37H,1-10H3. The van der Waals surface area contributed by atoms with Crippen molar-refractivity contribution in [3.63, 3.8) is 0 Å². The van der Waals surface area contributed by atoms with Crippen LogP contribution in [0.4, 0.5) is 5.69 Å². The zero-order valence-electron chi connectivity index (χ0n) is 41.3. The van der Waals surface area contributed by atoms with E-state index in [0.717, 1.165) is 65.7 Å². The third-order valence-corrected chi connectivity index (χ3v) is 15.4. The Labute approximate surface area is 405 Å². The molecule has 0 bridgehead atoms. The molecule has 69 heavy (non-hydrogen) atoms. The SMILES string of the molecule is CC(C)N(c1ccc2c3c(cccc13)-c1cc3c(ccc4c5cc6c(c(-c7ccc(C(C)(C)C)cc7C#N)c5ccc34)-c3cccc4cccc-6c34)c(-c3ccc(C(C)(C)C)cc3C#N)c1-2)C(C)C. The van der Waals surface area contributed by atoms with Crippen molar-refractivity contribution in [2.24, 2.45) is 0 Å². The molecular weight excluding hydrogens is 835 g/mol. The van der Waals surface area contributed by atoms with E-state index in [2.05, 4.69) is 226 Å². The lowest BCUT2D eigenvalue weighted by molar-refractivity contribution is 0.590. The molecule has 0 N–H and O–H groups in total. The fourth-order valence-corrected chi connectivity index (χ4v) is 12.3. The van der Waals surface area contributed by atoms with Crippen LogP contribution in [0.3, 0.4) is 0 Å². The molecule has 2 aliphatic carbocycles. The largest absolute Gasteiger partial charge is 0.366 e. The van der Waals surface area contributed by atoms with Gasteiger partial charge in [-0.1, -0.05) is 151 Å². The monoisotopic (exact) mass is 889 g/mol. The van der Waals surface area contributed by atoms with Crippen LogP contribution in [0, 0.1) is 22.7 Å². The van der Waals surface area contributed by atoms with E-state index in [0.29, 0.717) is 23.2 Å². The molecule has 10 aromatic carbocycles. The van der Waals surface area contributed by atoms with E-state index < -0.39 is 0 Å². The van der Waals surface area contributed by atoms with Crippen molar-refractivity contribution >= 4 is 59.5 Å². The number of anilines is 1. The average Bonchev–Trinajstić information content (AvgIpc) is 3.83. The topological polar surface area (TPSA) is 50.8 Å². The van der Waals surface area contributed by atoms with Gasteiger partial charge in [-0.25, -0.2) is 0 Å². The van der Waals surface area contributed by atoms with Crippen molar-refractivity contribution < 1.29 is 0 Å². The van der Waals surface area contributed by atoms with Crippen LogP contribution in [0.25, 0.3) is 121 Å². The number of hydrogen-bond acceptors (Lipinski definition) is 3. The zero-order chi connectivity index (χ0) is 48.0. The summed E-state index contributed by atoms with van der Waals surface area (Å²) in [5.41, 5.74) is 18.5. The molecule has 0 aromatic heterocycles. The van der Waals surface area contributed by atoms with Gasteiger partial charge in [-0.05, 0) is 184 Å². The molecule has 2 aliphatic rings. The number of fused-ring (bicyclic) bond motifs is 11. The Hall–Kier alpha value is -7.72. The minimum atomic E-state index is -0.117. The number of benzene rings is 10. The van der Waals surface area contributed by atoms with Gasteiger partial charge in [-0.2, -0.15) is 10.5 Å². The van der Waals surface area contributed by atoms with E-state index in [1.165, 1.54) is 71.7 Å². The Morgan fingerprint density at radius 1 is 0.377 bits per heavy atom. The van der Waals surface area contributed by atoms with Crippen LogP contribution in [0.5, 0.6) is 0 Å². The maximum Gasteiger partial charge on any atom is 0.0998 e. The molecule has 0 spiro atoms. The molecule has 3 nitrogen and oxygen atoms in total. The fourth-order valence-electron chi connectivity index (χ4n) is 12.3. The maximum absolute atomic E-state index is 11.0. The number of rotatable bonds is 5. The summed E-state index contributed by atoms with van der Waals surface area (Å²) in [6.07, 6.45) is 0. The van der Waals surface area contributed by atoms with Gasteiger partial charge in [0.1, 0.15) is 0 Å². The van der Waals surface area contributed by atoms with Crippen LogP contribution in [0.2, 0.25) is 0 Å². The highest BCUT2D eigenvalue weighted by Crippen LogP contribution is 2.58. The summed E-state index contributed by atoms with van der Waals surface area (Å²) < 4.78 is 0. The summed E-state index contributed by atoms with van der Waals surface area (Å²) >= 11 is 0. The summed E-state index contributed by atoms with van der Waals surface area (Å²) in [6.45, 7) is 22.4. The zero-order valence-corrected chi connectivity index (χ0v) is 41.3. The minimum Gasteiger partial charge on any atom is -0.366 e. The van der Waals surface area contributed by atoms with Crippen LogP contribution >= 0.6 is 0 Å². The van der Waals surface area contributed by atoms with E-state index >= 15 is 0 Å². The Morgan fingerprint density at radius 3 is 1.29 bits per heavy atom. The molecule has 0 fully saturated rings. The number of nitrogens with zero attached hydrogens (tertiary/aromatic N) is 3. The Kier molecular flexibility index (Phi) is 9.20. The second-order valence-electron chi connectivity index (χ2n) is 22.2. The Balaban J connectivity index is 1.21. The van der Waals surface area contributed by atoms with Gasteiger partial charge in [0, 0.05) is 34.3 Å². The summed E-state index contributed by atoms with van der Waals surface area (Å²) in [5.74, 6) is 0. The summed E-state index contributed by atoms with van der Waals surface area (Å²) in [5, 5.41) is 33.9. The highest BCUT2D eigenvalue weighted by Gasteiger charge is 2.32. The lowest BCUT2D eigenvalue weighted by Gasteiger charge is -2.34. The van der Waals surface area contributed by atoms with Crippen LogP contribution in [0.15, 0.2) is 140 Å². The van der Waals surface area contributed by atoms with Gasteiger partial charge < -0.3 is 4.90 Å². The third kappa shape index (κ3) is 6.10. The van der Waals surface area contributed by atoms with Crippen molar-refractivity contribution in [2.45, 2.75) is 92.2 Å². The minimum absolute atomic E-state index is 0.108. The second-order valence-corrected chi connectivity index (χ2v) is 22.2. The summed E-state index contributed by atoms with van der Waals surface area (Å²) in [7, 11) is 0. The fraction of sp³-hybridized carbons (Fsp3) is 0.212. The van der Waals surface area contributed by atoms with Crippen molar-refractivity contribution in [3.8, 4) is 78.9 Å².